The van der Waals surface area contributed by atoms with Crippen molar-refractivity contribution in [3.05, 3.63) is 94.5 Å². The molecule has 3 aromatic carbocycles. The monoisotopic (exact) mass is 404 g/mol. The minimum absolute atomic E-state index is 0.0469. The molecule has 0 saturated heterocycles. The van der Waals surface area contributed by atoms with Gasteiger partial charge in [0.2, 0.25) is 0 Å². The molecule has 3 N–H and O–H groups in total. The standard InChI is InChI=1S/C27H32O3/c1-2-27(30)14-12-21-6-4-8-24(16-21)23-7-3-5-20(15-23)9-10-22-11-13-25(18-28)26(17-22)19-29/h3-8,11,13,15-17,27-30H,2,9-10,12,14,18-19H2,1H3. The maximum absolute atomic E-state index is 9.83. The zero-order chi connectivity index (χ0) is 21.3. The van der Waals surface area contributed by atoms with Gasteiger partial charge in [-0.25, -0.2) is 0 Å². The van der Waals surface area contributed by atoms with Gasteiger partial charge >= 0.3 is 0 Å². The summed E-state index contributed by atoms with van der Waals surface area (Å²) in [5.41, 5.74) is 7.69. The molecule has 0 bridgehead atoms. The van der Waals surface area contributed by atoms with Crippen LogP contribution in [0.2, 0.25) is 0 Å². The smallest absolute Gasteiger partial charge is 0.0685 e. The average molecular weight is 405 g/mol. The van der Waals surface area contributed by atoms with Crippen molar-refractivity contribution in [2.45, 2.75) is 58.3 Å². The van der Waals surface area contributed by atoms with Crippen LogP contribution in [0.1, 0.15) is 47.6 Å². The van der Waals surface area contributed by atoms with E-state index < -0.39 is 0 Å². The van der Waals surface area contributed by atoms with Crippen molar-refractivity contribution in [1.29, 1.82) is 0 Å². The Balaban J connectivity index is 1.69. The molecule has 1 unspecified atom stereocenters. The van der Waals surface area contributed by atoms with E-state index in [4.69, 9.17) is 0 Å². The molecule has 0 amide bonds. The number of aliphatic hydroxyl groups is 3. The van der Waals surface area contributed by atoms with Gasteiger partial charge in [0.05, 0.1) is 19.3 Å². The predicted octanol–water partition coefficient (Wildman–Crippen LogP) is 4.83. The second-order valence-corrected chi connectivity index (χ2v) is 7.92. The van der Waals surface area contributed by atoms with E-state index in [-0.39, 0.29) is 19.3 Å². The molecule has 0 aliphatic heterocycles. The van der Waals surface area contributed by atoms with Crippen molar-refractivity contribution >= 4 is 0 Å². The molecule has 0 fully saturated rings. The average Bonchev–Trinajstić information content (AvgIpc) is 2.81. The maximum Gasteiger partial charge on any atom is 0.0685 e. The lowest BCUT2D eigenvalue weighted by Crippen LogP contribution is -2.05. The van der Waals surface area contributed by atoms with E-state index in [1.165, 1.54) is 22.3 Å². The van der Waals surface area contributed by atoms with E-state index in [2.05, 4.69) is 48.5 Å². The number of aryl methyl sites for hydroxylation is 3. The van der Waals surface area contributed by atoms with Crippen LogP contribution < -0.4 is 0 Å². The molecule has 0 aliphatic carbocycles. The van der Waals surface area contributed by atoms with Gasteiger partial charge in [-0.1, -0.05) is 73.7 Å². The van der Waals surface area contributed by atoms with E-state index in [9.17, 15) is 15.3 Å². The summed E-state index contributed by atoms with van der Waals surface area (Å²) in [6.45, 7) is 1.91. The van der Waals surface area contributed by atoms with E-state index in [0.717, 1.165) is 48.8 Å². The lowest BCUT2D eigenvalue weighted by atomic mass is 9.96. The van der Waals surface area contributed by atoms with Gasteiger partial charge < -0.3 is 15.3 Å². The van der Waals surface area contributed by atoms with Gasteiger partial charge in [-0.2, -0.15) is 0 Å². The number of hydrogen-bond donors (Lipinski definition) is 3. The minimum atomic E-state index is -0.227. The van der Waals surface area contributed by atoms with Crippen molar-refractivity contribution < 1.29 is 15.3 Å². The Morgan fingerprint density at radius 3 is 1.80 bits per heavy atom. The van der Waals surface area contributed by atoms with Gasteiger partial charge in [-0.3, -0.25) is 0 Å². The number of aliphatic hydroxyl groups excluding tert-OH is 3. The molecular formula is C27H32O3. The summed E-state index contributed by atoms with van der Waals surface area (Å²) in [7, 11) is 0. The molecule has 3 rings (SSSR count). The highest BCUT2D eigenvalue weighted by atomic mass is 16.3. The lowest BCUT2D eigenvalue weighted by molar-refractivity contribution is 0.160. The molecule has 1 atom stereocenters. The Kier molecular flexibility index (Phi) is 8.21. The number of rotatable bonds is 10. The fourth-order valence-corrected chi connectivity index (χ4v) is 3.78. The van der Waals surface area contributed by atoms with Crippen molar-refractivity contribution in [1.82, 2.24) is 0 Å². The van der Waals surface area contributed by atoms with Crippen LogP contribution in [0.25, 0.3) is 11.1 Å². The van der Waals surface area contributed by atoms with Crippen LogP contribution >= 0.6 is 0 Å². The van der Waals surface area contributed by atoms with Gasteiger partial charge in [0.25, 0.3) is 0 Å². The van der Waals surface area contributed by atoms with Crippen molar-refractivity contribution in [3.8, 4) is 11.1 Å². The fraction of sp³-hybridized carbons (Fsp3) is 0.333. The van der Waals surface area contributed by atoms with Crippen LogP contribution in [0.15, 0.2) is 66.7 Å². The third-order valence-corrected chi connectivity index (χ3v) is 5.74. The second kappa shape index (κ2) is 11.1. The Labute approximate surface area is 179 Å². The summed E-state index contributed by atoms with van der Waals surface area (Å²) >= 11 is 0. The molecule has 0 aliphatic rings. The fourth-order valence-electron chi connectivity index (χ4n) is 3.78. The first-order valence-electron chi connectivity index (χ1n) is 10.8. The Morgan fingerprint density at radius 2 is 1.23 bits per heavy atom. The van der Waals surface area contributed by atoms with Crippen LogP contribution in [0.5, 0.6) is 0 Å². The van der Waals surface area contributed by atoms with Crippen LogP contribution in [0.4, 0.5) is 0 Å². The van der Waals surface area contributed by atoms with E-state index in [1.807, 2.05) is 25.1 Å². The topological polar surface area (TPSA) is 60.7 Å². The van der Waals surface area contributed by atoms with Gasteiger partial charge in [0.15, 0.2) is 0 Å². The van der Waals surface area contributed by atoms with Gasteiger partial charge in [-0.05, 0) is 71.0 Å². The summed E-state index contributed by atoms with van der Waals surface area (Å²) in [5.74, 6) is 0. The highest BCUT2D eigenvalue weighted by Gasteiger charge is 2.06. The predicted molar refractivity (Wildman–Crippen MR) is 122 cm³/mol. The third kappa shape index (κ3) is 6.02. The molecule has 0 saturated carbocycles. The third-order valence-electron chi connectivity index (χ3n) is 5.74. The molecule has 30 heavy (non-hydrogen) atoms. The summed E-state index contributed by atoms with van der Waals surface area (Å²) in [6, 6.07) is 23.2. The maximum atomic E-state index is 9.83. The van der Waals surface area contributed by atoms with Crippen LogP contribution in [-0.4, -0.2) is 21.4 Å². The zero-order valence-electron chi connectivity index (χ0n) is 17.7. The van der Waals surface area contributed by atoms with Crippen molar-refractivity contribution in [2.24, 2.45) is 0 Å². The van der Waals surface area contributed by atoms with Crippen LogP contribution in [-0.2, 0) is 32.5 Å². The normalized spacial score (nSPS) is 12.1. The van der Waals surface area contributed by atoms with E-state index in [0.29, 0.717) is 0 Å². The van der Waals surface area contributed by atoms with E-state index in [1.54, 1.807) is 0 Å². The van der Waals surface area contributed by atoms with Crippen molar-refractivity contribution in [2.75, 3.05) is 0 Å². The Hall–Kier alpha value is -2.46. The molecule has 3 heteroatoms. The number of hydrogen-bond acceptors (Lipinski definition) is 3. The number of benzene rings is 3. The molecular weight excluding hydrogens is 372 g/mol. The SMILES string of the molecule is CCC(O)CCc1cccc(-c2cccc(CCc3ccc(CO)c(CO)c3)c2)c1. The summed E-state index contributed by atoms with van der Waals surface area (Å²) in [4.78, 5) is 0. The first-order chi connectivity index (χ1) is 14.6. The second-order valence-electron chi connectivity index (χ2n) is 7.92. The quantitative estimate of drug-likeness (QED) is 0.454. The van der Waals surface area contributed by atoms with Crippen LogP contribution in [0, 0.1) is 0 Å². The molecule has 0 radical (unpaired) electrons. The Morgan fingerprint density at radius 1 is 0.667 bits per heavy atom. The first kappa shape index (κ1) is 22.2. The summed E-state index contributed by atoms with van der Waals surface area (Å²) in [6.07, 6.45) is 4.06. The van der Waals surface area contributed by atoms with Gasteiger partial charge in [-0.15, -0.1) is 0 Å². The molecule has 0 heterocycles. The van der Waals surface area contributed by atoms with E-state index >= 15 is 0 Å². The largest absolute Gasteiger partial charge is 0.393 e. The Bertz CT molecular complexity index is 948. The van der Waals surface area contributed by atoms with Gasteiger partial charge in [0, 0.05) is 0 Å². The molecule has 158 valence electrons. The molecule has 0 aromatic heterocycles. The summed E-state index contributed by atoms with van der Waals surface area (Å²) in [5, 5.41) is 28.7. The van der Waals surface area contributed by atoms with Gasteiger partial charge in [0.1, 0.15) is 0 Å². The highest BCUT2D eigenvalue weighted by Crippen LogP contribution is 2.23. The van der Waals surface area contributed by atoms with Crippen LogP contribution in [0.3, 0.4) is 0 Å². The molecule has 0 spiro atoms. The van der Waals surface area contributed by atoms with Crippen molar-refractivity contribution in [3.63, 3.8) is 0 Å². The first-order valence-corrected chi connectivity index (χ1v) is 10.8. The minimum Gasteiger partial charge on any atom is -0.393 e. The summed E-state index contributed by atoms with van der Waals surface area (Å²) < 4.78 is 0. The lowest BCUT2D eigenvalue weighted by Gasteiger charge is -2.11. The zero-order valence-corrected chi connectivity index (χ0v) is 17.7. The highest BCUT2D eigenvalue weighted by molar-refractivity contribution is 5.65. The molecule has 3 nitrogen and oxygen atoms in total. The molecule has 3 aromatic rings.